The van der Waals surface area contributed by atoms with E-state index in [1.54, 1.807) is 0 Å². The molecule has 20 heavy (non-hydrogen) atoms. The van der Waals surface area contributed by atoms with E-state index in [9.17, 15) is 13.6 Å². The highest BCUT2D eigenvalue weighted by molar-refractivity contribution is 5.71. The molecule has 0 aliphatic carbocycles. The molecular formula is C14H10F2O4. The highest BCUT2D eigenvalue weighted by atomic mass is 19.1. The van der Waals surface area contributed by atoms with Gasteiger partial charge in [-0.3, -0.25) is 0 Å². The first-order chi connectivity index (χ1) is 9.54. The lowest BCUT2D eigenvalue weighted by atomic mass is 10.3. The first-order valence-electron chi connectivity index (χ1n) is 5.62. The van der Waals surface area contributed by atoms with Crippen LogP contribution >= 0.6 is 0 Å². The van der Waals surface area contributed by atoms with Crippen LogP contribution in [0.15, 0.2) is 48.5 Å². The Bertz CT molecular complexity index is 568. The highest BCUT2D eigenvalue weighted by Crippen LogP contribution is 2.18. The fourth-order valence-electron chi connectivity index (χ4n) is 1.45. The van der Waals surface area contributed by atoms with Crippen LogP contribution in [0.5, 0.6) is 11.5 Å². The molecule has 0 fully saturated rings. The van der Waals surface area contributed by atoms with Crippen molar-refractivity contribution in [3.05, 3.63) is 60.2 Å². The summed E-state index contributed by atoms with van der Waals surface area (Å²) >= 11 is 0. The molecule has 0 amide bonds. The molecule has 0 aromatic heterocycles. The van der Waals surface area contributed by atoms with Crippen molar-refractivity contribution in [1.82, 2.24) is 0 Å². The van der Waals surface area contributed by atoms with Crippen LogP contribution < -0.4 is 9.47 Å². The maximum Gasteiger partial charge on any atom is 0.387 e. The molecule has 2 aromatic carbocycles. The third-order valence-corrected chi connectivity index (χ3v) is 2.28. The summed E-state index contributed by atoms with van der Waals surface area (Å²) in [6.07, 6.45) is -1.71. The van der Waals surface area contributed by atoms with Gasteiger partial charge in [-0.2, -0.15) is 0 Å². The van der Waals surface area contributed by atoms with E-state index >= 15 is 0 Å². The molecule has 2 rings (SSSR count). The van der Waals surface area contributed by atoms with Crippen LogP contribution in [0.25, 0.3) is 0 Å². The topological polar surface area (TPSA) is 55.8 Å². The predicted octanol–water partition coefficient (Wildman–Crippen LogP) is 2.83. The Morgan fingerprint density at radius 2 is 1.40 bits per heavy atom. The summed E-state index contributed by atoms with van der Waals surface area (Å²) in [6.45, 7) is 0. The van der Waals surface area contributed by atoms with E-state index in [4.69, 9.17) is 14.6 Å². The van der Waals surface area contributed by atoms with E-state index in [0.717, 1.165) is 12.1 Å². The quantitative estimate of drug-likeness (QED) is 0.856. The van der Waals surface area contributed by atoms with E-state index in [1.165, 1.54) is 36.4 Å². The van der Waals surface area contributed by atoms with Gasteiger partial charge in [0.15, 0.2) is 0 Å². The molecular weight excluding hydrogens is 270 g/mol. The van der Waals surface area contributed by atoms with Crippen molar-refractivity contribution in [2.24, 2.45) is 0 Å². The van der Waals surface area contributed by atoms with Gasteiger partial charge < -0.3 is 14.6 Å². The maximum absolute atomic E-state index is 13.0. The van der Waals surface area contributed by atoms with Crippen molar-refractivity contribution >= 4 is 5.97 Å². The highest BCUT2D eigenvalue weighted by Gasteiger charge is 2.22. The number of aliphatic carboxylic acids is 1. The van der Waals surface area contributed by atoms with Crippen molar-refractivity contribution < 1.29 is 28.2 Å². The molecule has 0 aliphatic rings. The zero-order chi connectivity index (χ0) is 14.5. The van der Waals surface area contributed by atoms with Crippen LogP contribution in [0.1, 0.15) is 0 Å². The predicted molar refractivity (Wildman–Crippen MR) is 65.5 cm³/mol. The lowest BCUT2D eigenvalue weighted by Crippen LogP contribution is -2.33. The lowest BCUT2D eigenvalue weighted by molar-refractivity contribution is -0.158. The van der Waals surface area contributed by atoms with E-state index in [2.05, 4.69) is 0 Å². The minimum absolute atomic E-state index is 0.00574. The summed E-state index contributed by atoms with van der Waals surface area (Å²) in [5.74, 6) is -2.57. The number of hydrogen-bond acceptors (Lipinski definition) is 3. The average molecular weight is 280 g/mol. The third kappa shape index (κ3) is 3.68. The first kappa shape index (κ1) is 13.8. The summed E-state index contributed by atoms with van der Waals surface area (Å²) in [7, 11) is 0. The van der Waals surface area contributed by atoms with Gasteiger partial charge in [0.05, 0.1) is 0 Å². The SMILES string of the molecule is O=C(O)C(Oc1cccc(F)c1)Oc1cccc(F)c1. The fraction of sp³-hybridized carbons (Fsp3) is 0.0714. The zero-order valence-electron chi connectivity index (χ0n) is 10.1. The Labute approximate surface area is 113 Å². The largest absolute Gasteiger partial charge is 0.476 e. The number of carbonyl (C=O) groups is 1. The molecule has 0 atom stereocenters. The van der Waals surface area contributed by atoms with Crippen LogP contribution in [-0.4, -0.2) is 17.4 Å². The fourth-order valence-corrected chi connectivity index (χ4v) is 1.45. The first-order valence-corrected chi connectivity index (χ1v) is 5.62. The Kier molecular flexibility index (Phi) is 4.14. The number of rotatable bonds is 5. The van der Waals surface area contributed by atoms with E-state index < -0.39 is 23.9 Å². The Balaban J connectivity index is 2.13. The summed E-state index contributed by atoms with van der Waals surface area (Å²) in [4.78, 5) is 11.0. The van der Waals surface area contributed by atoms with Gasteiger partial charge in [-0.05, 0) is 24.3 Å². The van der Waals surface area contributed by atoms with E-state index in [1.807, 2.05) is 0 Å². The molecule has 0 aliphatic heterocycles. The average Bonchev–Trinajstić information content (AvgIpc) is 2.38. The molecule has 104 valence electrons. The summed E-state index contributed by atoms with van der Waals surface area (Å²) in [5, 5.41) is 9.00. The van der Waals surface area contributed by atoms with Gasteiger partial charge in [0.2, 0.25) is 0 Å². The number of carboxylic acids is 1. The number of hydrogen-bond donors (Lipinski definition) is 1. The van der Waals surface area contributed by atoms with Gasteiger partial charge in [-0.25, -0.2) is 13.6 Å². The van der Waals surface area contributed by atoms with Crippen LogP contribution in [-0.2, 0) is 4.79 Å². The Morgan fingerprint density at radius 3 is 1.75 bits per heavy atom. The molecule has 2 aromatic rings. The standard InChI is InChI=1S/C14H10F2O4/c15-9-3-1-5-11(7-9)19-14(13(17)18)20-12-6-2-4-10(16)8-12/h1-8,14H,(H,17,18). The molecule has 0 saturated heterocycles. The molecule has 0 radical (unpaired) electrons. The van der Waals surface area contributed by atoms with Crippen molar-refractivity contribution in [3.8, 4) is 11.5 Å². The van der Waals surface area contributed by atoms with Crippen LogP contribution in [0.2, 0.25) is 0 Å². The summed E-state index contributed by atoms with van der Waals surface area (Å²) in [6, 6.07) is 9.92. The van der Waals surface area contributed by atoms with Crippen molar-refractivity contribution in [3.63, 3.8) is 0 Å². The minimum atomic E-state index is -1.71. The molecule has 1 N–H and O–H groups in total. The molecule has 0 spiro atoms. The molecule has 0 heterocycles. The molecule has 0 saturated carbocycles. The Morgan fingerprint density at radius 1 is 0.950 bits per heavy atom. The Hall–Kier alpha value is -2.63. The van der Waals surface area contributed by atoms with Crippen LogP contribution in [0, 0.1) is 11.6 Å². The van der Waals surface area contributed by atoms with Gasteiger partial charge in [0, 0.05) is 12.1 Å². The van der Waals surface area contributed by atoms with Gasteiger partial charge >= 0.3 is 12.3 Å². The minimum Gasteiger partial charge on any atom is -0.476 e. The van der Waals surface area contributed by atoms with Crippen LogP contribution in [0.4, 0.5) is 8.78 Å². The zero-order valence-corrected chi connectivity index (χ0v) is 10.1. The van der Waals surface area contributed by atoms with Gasteiger partial charge in [-0.15, -0.1) is 0 Å². The van der Waals surface area contributed by atoms with Gasteiger partial charge in [-0.1, -0.05) is 12.1 Å². The van der Waals surface area contributed by atoms with E-state index in [0.29, 0.717) is 0 Å². The summed E-state index contributed by atoms with van der Waals surface area (Å²) < 4.78 is 36.0. The van der Waals surface area contributed by atoms with Crippen LogP contribution in [0.3, 0.4) is 0 Å². The van der Waals surface area contributed by atoms with E-state index in [-0.39, 0.29) is 11.5 Å². The second-order valence-electron chi connectivity index (χ2n) is 3.82. The monoisotopic (exact) mass is 280 g/mol. The van der Waals surface area contributed by atoms with Crippen molar-refractivity contribution in [2.45, 2.75) is 6.29 Å². The van der Waals surface area contributed by atoms with Crippen molar-refractivity contribution in [1.29, 1.82) is 0 Å². The number of halogens is 2. The molecule has 0 unspecified atom stereocenters. The summed E-state index contributed by atoms with van der Waals surface area (Å²) in [5.41, 5.74) is 0. The number of benzene rings is 2. The lowest BCUT2D eigenvalue weighted by Gasteiger charge is -2.16. The third-order valence-electron chi connectivity index (χ3n) is 2.28. The smallest absolute Gasteiger partial charge is 0.387 e. The maximum atomic E-state index is 13.0. The second-order valence-corrected chi connectivity index (χ2v) is 3.82. The molecule has 0 bridgehead atoms. The molecule has 6 heteroatoms. The number of ether oxygens (including phenoxy) is 2. The van der Waals surface area contributed by atoms with Crippen molar-refractivity contribution in [2.75, 3.05) is 0 Å². The number of carboxylic acid groups (broad SMARTS) is 1. The van der Waals surface area contributed by atoms with Gasteiger partial charge in [0.25, 0.3) is 0 Å². The second kappa shape index (κ2) is 6.01. The normalized spacial score (nSPS) is 10.3. The molecule has 4 nitrogen and oxygen atoms in total. The van der Waals surface area contributed by atoms with Gasteiger partial charge in [0.1, 0.15) is 23.1 Å².